The molecule has 21 heavy (non-hydrogen) atoms. The van der Waals surface area contributed by atoms with E-state index < -0.39 is 0 Å². The lowest BCUT2D eigenvalue weighted by atomic mass is 9.84. The molecule has 1 heteroatoms. The molecular formula is C20H22O. The molecule has 0 aliphatic heterocycles. The van der Waals surface area contributed by atoms with E-state index >= 15 is 0 Å². The van der Waals surface area contributed by atoms with Crippen LogP contribution in [-0.2, 0) is 6.42 Å². The molecule has 0 saturated heterocycles. The minimum absolute atomic E-state index is 0.205. The summed E-state index contributed by atoms with van der Waals surface area (Å²) < 4.78 is 0. The van der Waals surface area contributed by atoms with Crippen LogP contribution < -0.4 is 0 Å². The molecule has 1 aliphatic rings. The van der Waals surface area contributed by atoms with Gasteiger partial charge in [0.1, 0.15) is 0 Å². The Labute approximate surface area is 127 Å². The van der Waals surface area contributed by atoms with Gasteiger partial charge in [0.25, 0.3) is 0 Å². The molecule has 2 aromatic rings. The molecule has 0 bridgehead atoms. The maximum Gasteiger partial charge on any atom is 0.167 e. The average molecular weight is 278 g/mol. The molecule has 1 saturated carbocycles. The Kier molecular flexibility index (Phi) is 4.49. The van der Waals surface area contributed by atoms with Gasteiger partial charge in [0.05, 0.1) is 0 Å². The van der Waals surface area contributed by atoms with Crippen LogP contribution >= 0.6 is 0 Å². The van der Waals surface area contributed by atoms with Crippen LogP contribution in [0.3, 0.4) is 0 Å². The zero-order chi connectivity index (χ0) is 14.5. The molecule has 0 amide bonds. The maximum atomic E-state index is 12.3. The third-order valence-electron chi connectivity index (χ3n) is 4.52. The molecule has 1 fully saturated rings. The molecule has 3 rings (SSSR count). The Bertz CT molecular complexity index is 577. The molecule has 0 unspecified atom stereocenters. The maximum absolute atomic E-state index is 12.3. The molecule has 1 aliphatic carbocycles. The smallest absolute Gasteiger partial charge is 0.167 e. The van der Waals surface area contributed by atoms with Crippen molar-refractivity contribution >= 4 is 5.78 Å². The van der Waals surface area contributed by atoms with Crippen molar-refractivity contribution in [2.75, 3.05) is 0 Å². The van der Waals surface area contributed by atoms with Crippen molar-refractivity contribution in [1.29, 1.82) is 0 Å². The SMILES string of the molecule is O=C(Cc1ccccc1)c1ccc(C2CCCCC2)cc1. The van der Waals surface area contributed by atoms with Gasteiger partial charge in [-0.15, -0.1) is 0 Å². The Morgan fingerprint density at radius 1 is 0.857 bits per heavy atom. The summed E-state index contributed by atoms with van der Waals surface area (Å²) in [6.07, 6.45) is 7.17. The molecule has 2 aromatic carbocycles. The highest BCUT2D eigenvalue weighted by atomic mass is 16.1. The molecule has 0 heterocycles. The zero-order valence-corrected chi connectivity index (χ0v) is 12.4. The molecule has 0 radical (unpaired) electrons. The lowest BCUT2D eigenvalue weighted by Gasteiger charge is -2.22. The van der Waals surface area contributed by atoms with Crippen LogP contribution in [0.2, 0.25) is 0 Å². The van der Waals surface area contributed by atoms with E-state index in [1.54, 1.807) is 0 Å². The molecule has 0 N–H and O–H groups in total. The largest absolute Gasteiger partial charge is 0.294 e. The zero-order valence-electron chi connectivity index (χ0n) is 12.4. The van der Waals surface area contributed by atoms with Gasteiger partial charge in [-0.25, -0.2) is 0 Å². The summed E-state index contributed by atoms with van der Waals surface area (Å²) in [6.45, 7) is 0. The second-order valence-corrected chi connectivity index (χ2v) is 6.04. The highest BCUT2D eigenvalue weighted by Crippen LogP contribution is 2.32. The fourth-order valence-electron chi connectivity index (χ4n) is 3.26. The fourth-order valence-corrected chi connectivity index (χ4v) is 3.26. The highest BCUT2D eigenvalue weighted by molar-refractivity contribution is 5.97. The van der Waals surface area contributed by atoms with Crippen LogP contribution in [0, 0.1) is 0 Å². The van der Waals surface area contributed by atoms with Crippen molar-refractivity contribution in [3.05, 3.63) is 71.3 Å². The van der Waals surface area contributed by atoms with Gasteiger partial charge in [-0.1, -0.05) is 73.9 Å². The van der Waals surface area contributed by atoms with Gasteiger partial charge >= 0.3 is 0 Å². The van der Waals surface area contributed by atoms with Gasteiger partial charge in [-0.05, 0) is 29.9 Å². The van der Waals surface area contributed by atoms with Crippen LogP contribution in [0.15, 0.2) is 54.6 Å². The van der Waals surface area contributed by atoms with Crippen molar-refractivity contribution in [2.24, 2.45) is 0 Å². The first-order valence-corrected chi connectivity index (χ1v) is 8.00. The summed E-state index contributed by atoms with van der Waals surface area (Å²) in [5.74, 6) is 0.911. The van der Waals surface area contributed by atoms with E-state index in [-0.39, 0.29) is 5.78 Å². The standard InChI is InChI=1S/C20H22O/c21-20(15-16-7-3-1-4-8-16)19-13-11-18(12-14-19)17-9-5-2-6-10-17/h1,3-4,7-8,11-14,17H,2,5-6,9-10,15H2. The van der Waals surface area contributed by atoms with E-state index in [2.05, 4.69) is 12.1 Å². The van der Waals surface area contributed by atoms with Crippen molar-refractivity contribution in [3.63, 3.8) is 0 Å². The van der Waals surface area contributed by atoms with E-state index in [4.69, 9.17) is 0 Å². The second-order valence-electron chi connectivity index (χ2n) is 6.04. The second kappa shape index (κ2) is 6.71. The van der Waals surface area contributed by atoms with Gasteiger partial charge in [0, 0.05) is 12.0 Å². The Hall–Kier alpha value is -1.89. The van der Waals surface area contributed by atoms with Crippen LogP contribution in [-0.4, -0.2) is 5.78 Å². The topological polar surface area (TPSA) is 17.1 Å². The summed E-state index contributed by atoms with van der Waals surface area (Å²) in [7, 11) is 0. The Morgan fingerprint density at radius 3 is 2.19 bits per heavy atom. The van der Waals surface area contributed by atoms with Gasteiger partial charge in [-0.3, -0.25) is 4.79 Å². The third kappa shape index (κ3) is 3.60. The summed E-state index contributed by atoms with van der Waals surface area (Å²) in [6, 6.07) is 18.3. The van der Waals surface area contributed by atoms with Crippen LogP contribution in [0.1, 0.15) is 59.5 Å². The Balaban J connectivity index is 1.67. The average Bonchev–Trinajstić information content (AvgIpc) is 2.57. The minimum atomic E-state index is 0.205. The van der Waals surface area contributed by atoms with E-state index in [9.17, 15) is 4.79 Å². The summed E-state index contributed by atoms with van der Waals surface area (Å²) >= 11 is 0. The van der Waals surface area contributed by atoms with Gasteiger partial charge < -0.3 is 0 Å². The number of benzene rings is 2. The number of rotatable bonds is 4. The number of carbonyl (C=O) groups excluding carboxylic acids is 1. The summed E-state index contributed by atoms with van der Waals surface area (Å²) in [4.78, 5) is 12.3. The number of Topliss-reactive ketones (excluding diaryl/α,β-unsaturated/α-hetero) is 1. The molecule has 0 atom stereocenters. The number of ketones is 1. The molecule has 0 spiro atoms. The first-order valence-electron chi connectivity index (χ1n) is 8.00. The lowest BCUT2D eigenvalue weighted by molar-refractivity contribution is 0.0993. The van der Waals surface area contributed by atoms with Crippen molar-refractivity contribution in [3.8, 4) is 0 Å². The van der Waals surface area contributed by atoms with Crippen molar-refractivity contribution in [1.82, 2.24) is 0 Å². The van der Waals surface area contributed by atoms with E-state index in [1.807, 2.05) is 42.5 Å². The predicted molar refractivity (Wildman–Crippen MR) is 86.7 cm³/mol. The quantitative estimate of drug-likeness (QED) is 0.706. The fraction of sp³-hybridized carbons (Fsp3) is 0.350. The van der Waals surface area contributed by atoms with Gasteiger partial charge in [0.2, 0.25) is 0 Å². The van der Waals surface area contributed by atoms with Gasteiger partial charge in [0.15, 0.2) is 5.78 Å². The van der Waals surface area contributed by atoms with E-state index in [1.165, 1.54) is 37.7 Å². The van der Waals surface area contributed by atoms with Crippen LogP contribution in [0.5, 0.6) is 0 Å². The lowest BCUT2D eigenvalue weighted by Crippen LogP contribution is -2.06. The third-order valence-corrected chi connectivity index (χ3v) is 4.52. The summed E-state index contributed by atoms with van der Waals surface area (Å²) in [5, 5.41) is 0. The Morgan fingerprint density at radius 2 is 1.52 bits per heavy atom. The van der Waals surface area contributed by atoms with Gasteiger partial charge in [-0.2, -0.15) is 0 Å². The molecular weight excluding hydrogens is 256 g/mol. The minimum Gasteiger partial charge on any atom is -0.294 e. The molecule has 108 valence electrons. The first kappa shape index (κ1) is 14.1. The van der Waals surface area contributed by atoms with Crippen LogP contribution in [0.25, 0.3) is 0 Å². The van der Waals surface area contributed by atoms with E-state index in [0.717, 1.165) is 11.1 Å². The highest BCUT2D eigenvalue weighted by Gasteiger charge is 2.15. The monoisotopic (exact) mass is 278 g/mol. The predicted octanol–water partition coefficient (Wildman–Crippen LogP) is 5.16. The molecule has 1 nitrogen and oxygen atoms in total. The number of carbonyl (C=O) groups is 1. The number of hydrogen-bond acceptors (Lipinski definition) is 1. The first-order chi connectivity index (χ1) is 10.3. The van der Waals surface area contributed by atoms with E-state index in [0.29, 0.717) is 12.3 Å². The van der Waals surface area contributed by atoms with Crippen LogP contribution in [0.4, 0.5) is 0 Å². The normalized spacial score (nSPS) is 15.8. The molecule has 0 aromatic heterocycles. The van der Waals surface area contributed by atoms with Crippen molar-refractivity contribution < 1.29 is 4.79 Å². The number of hydrogen-bond donors (Lipinski definition) is 0. The summed E-state index contributed by atoms with van der Waals surface area (Å²) in [5.41, 5.74) is 3.32. The van der Waals surface area contributed by atoms with Crippen molar-refractivity contribution in [2.45, 2.75) is 44.4 Å².